The molecule has 1 aliphatic heterocycles. The van der Waals surface area contributed by atoms with Crippen LogP contribution in [0.15, 0.2) is 72.9 Å². The molecule has 1 aliphatic rings. The number of benzene rings is 2. The number of hydrogen-bond acceptors (Lipinski definition) is 5. The van der Waals surface area contributed by atoms with E-state index in [-0.39, 0.29) is 18.5 Å². The summed E-state index contributed by atoms with van der Waals surface area (Å²) in [5.41, 5.74) is 0.842. The van der Waals surface area contributed by atoms with Crippen molar-refractivity contribution in [2.24, 2.45) is 7.05 Å². The molecule has 36 heavy (non-hydrogen) atoms. The van der Waals surface area contributed by atoms with Gasteiger partial charge >= 0.3 is 6.18 Å². The van der Waals surface area contributed by atoms with Gasteiger partial charge in [-0.1, -0.05) is 30.3 Å². The molecule has 2 aromatic carbocycles. The number of carbonyl (C=O) groups excluding carboxylic acids is 2. The number of rotatable bonds is 7. The second-order valence-corrected chi connectivity index (χ2v) is 9.55. The van der Waals surface area contributed by atoms with Crippen molar-refractivity contribution >= 4 is 28.2 Å². The molecule has 0 aliphatic carbocycles. The number of aryl methyl sites for hydroxylation is 1. The highest BCUT2D eigenvalue weighted by Crippen LogP contribution is 2.35. The molecule has 1 N–H and O–H groups in total. The Morgan fingerprint density at radius 3 is 2.25 bits per heavy atom. The first-order valence-corrected chi connectivity index (χ1v) is 12.0. The molecular formula is C26H21F3N4O2S. The van der Waals surface area contributed by atoms with Crippen LogP contribution in [0.5, 0.6) is 0 Å². The van der Waals surface area contributed by atoms with Crippen molar-refractivity contribution in [3.05, 3.63) is 95.2 Å². The molecule has 0 spiro atoms. The van der Waals surface area contributed by atoms with E-state index in [4.69, 9.17) is 0 Å². The number of aromatic nitrogens is 2. The van der Waals surface area contributed by atoms with Crippen LogP contribution in [0.1, 0.15) is 31.8 Å². The normalized spacial score (nSPS) is 14.3. The number of nitrogens with zero attached hydrogens (tertiary/aromatic N) is 3. The zero-order chi connectivity index (χ0) is 25.4. The highest BCUT2D eigenvalue weighted by molar-refractivity contribution is 7.19. The smallest absolute Gasteiger partial charge is 0.372 e. The minimum Gasteiger partial charge on any atom is -0.372 e. The largest absolute Gasteiger partial charge is 0.416 e. The second-order valence-electron chi connectivity index (χ2n) is 8.47. The third kappa shape index (κ3) is 4.51. The number of anilines is 1. The molecule has 5 rings (SSSR count). The maximum Gasteiger partial charge on any atom is 0.416 e. The maximum absolute atomic E-state index is 13.7. The highest BCUT2D eigenvalue weighted by Gasteiger charge is 2.38. The Morgan fingerprint density at radius 1 is 0.944 bits per heavy atom. The van der Waals surface area contributed by atoms with Gasteiger partial charge < -0.3 is 5.32 Å². The fourth-order valence-electron chi connectivity index (χ4n) is 4.40. The van der Waals surface area contributed by atoms with Crippen molar-refractivity contribution in [3.63, 3.8) is 0 Å². The fourth-order valence-corrected chi connectivity index (χ4v) is 5.44. The molecule has 10 heteroatoms. The lowest BCUT2D eigenvalue weighted by molar-refractivity contribution is -0.138. The summed E-state index contributed by atoms with van der Waals surface area (Å²) in [6.07, 6.45) is -2.88. The number of hydrogen-bond donors (Lipinski definition) is 1. The predicted octanol–water partition coefficient (Wildman–Crippen LogP) is 5.49. The summed E-state index contributed by atoms with van der Waals surface area (Å²) in [5, 5.41) is 8.16. The molecular weight excluding hydrogens is 489 g/mol. The van der Waals surface area contributed by atoms with Gasteiger partial charge in [0.1, 0.15) is 0 Å². The van der Waals surface area contributed by atoms with Crippen LogP contribution in [0.25, 0.3) is 10.6 Å². The standard InChI is InChI=1S/C26H21F3N4O2S/c1-32-21(12-13-30-32)22-10-11-23(36-22)31-17(14-16-6-2-5-9-20(16)26(27,28)29)15-33-24(34)18-7-3-4-8-19(18)25(33)35/h2-13,17,31H,14-15H2,1H3/t17-/m0/s1. The average molecular weight is 511 g/mol. The Bertz CT molecular complexity index is 1410. The van der Waals surface area contributed by atoms with Crippen LogP contribution in [0.2, 0.25) is 0 Å². The lowest BCUT2D eigenvalue weighted by atomic mass is 9.99. The van der Waals surface area contributed by atoms with Gasteiger partial charge in [-0.3, -0.25) is 19.2 Å². The van der Waals surface area contributed by atoms with Gasteiger partial charge in [0.15, 0.2) is 0 Å². The lowest BCUT2D eigenvalue weighted by Crippen LogP contribution is -2.41. The van der Waals surface area contributed by atoms with Crippen LogP contribution < -0.4 is 5.32 Å². The van der Waals surface area contributed by atoms with Crippen molar-refractivity contribution < 1.29 is 22.8 Å². The zero-order valence-corrected chi connectivity index (χ0v) is 19.9. The first kappa shape index (κ1) is 23.8. The van der Waals surface area contributed by atoms with Gasteiger partial charge in [0.2, 0.25) is 0 Å². The van der Waals surface area contributed by atoms with Crippen LogP contribution in [0.3, 0.4) is 0 Å². The quantitative estimate of drug-likeness (QED) is 0.334. The first-order chi connectivity index (χ1) is 17.2. The maximum atomic E-state index is 13.7. The monoisotopic (exact) mass is 510 g/mol. The summed E-state index contributed by atoms with van der Waals surface area (Å²) >= 11 is 1.42. The number of carbonyl (C=O) groups is 2. The number of imide groups is 1. The van der Waals surface area contributed by atoms with E-state index in [0.29, 0.717) is 16.1 Å². The minimum absolute atomic E-state index is 0.0397. The average Bonchev–Trinajstić information content (AvgIpc) is 3.54. The number of nitrogens with one attached hydrogen (secondary N) is 1. The van der Waals surface area contributed by atoms with E-state index in [1.54, 1.807) is 41.2 Å². The van der Waals surface area contributed by atoms with Crippen LogP contribution in [0, 0.1) is 0 Å². The Balaban J connectivity index is 1.45. The summed E-state index contributed by atoms with van der Waals surface area (Å²) < 4.78 is 42.8. The number of halogens is 3. The van der Waals surface area contributed by atoms with Crippen molar-refractivity contribution in [2.75, 3.05) is 11.9 Å². The van der Waals surface area contributed by atoms with Crippen LogP contribution in [-0.2, 0) is 19.6 Å². The highest BCUT2D eigenvalue weighted by atomic mass is 32.1. The summed E-state index contributed by atoms with van der Waals surface area (Å²) in [5.74, 6) is -0.901. The third-order valence-corrected chi connectivity index (χ3v) is 7.13. The molecule has 0 fully saturated rings. The summed E-state index contributed by atoms with van der Waals surface area (Å²) in [7, 11) is 1.82. The Hall–Kier alpha value is -3.92. The molecule has 0 bridgehead atoms. The molecule has 3 heterocycles. The van der Waals surface area contributed by atoms with E-state index < -0.39 is 29.6 Å². The van der Waals surface area contributed by atoms with Gasteiger partial charge in [0.25, 0.3) is 11.8 Å². The van der Waals surface area contributed by atoms with Gasteiger partial charge in [-0.05, 0) is 48.4 Å². The molecule has 0 radical (unpaired) electrons. The first-order valence-electron chi connectivity index (χ1n) is 11.2. The van der Waals surface area contributed by atoms with Gasteiger partial charge in [0, 0.05) is 25.8 Å². The Kier molecular flexibility index (Phi) is 6.13. The van der Waals surface area contributed by atoms with Gasteiger partial charge in [-0.15, -0.1) is 11.3 Å². The van der Waals surface area contributed by atoms with Crippen molar-refractivity contribution in [1.82, 2.24) is 14.7 Å². The van der Waals surface area contributed by atoms with Crippen molar-refractivity contribution in [3.8, 4) is 10.6 Å². The number of thiophene rings is 1. The number of fused-ring (bicyclic) bond motifs is 1. The van der Waals surface area contributed by atoms with Gasteiger partial charge in [-0.25, -0.2) is 0 Å². The Morgan fingerprint density at radius 2 is 1.61 bits per heavy atom. The van der Waals surface area contributed by atoms with Crippen LogP contribution in [-0.4, -0.2) is 39.1 Å². The van der Waals surface area contributed by atoms with E-state index in [1.165, 1.54) is 23.5 Å². The van der Waals surface area contributed by atoms with E-state index in [0.717, 1.165) is 21.5 Å². The predicted molar refractivity (Wildman–Crippen MR) is 131 cm³/mol. The van der Waals surface area contributed by atoms with E-state index in [1.807, 2.05) is 25.2 Å². The van der Waals surface area contributed by atoms with E-state index in [2.05, 4.69) is 10.4 Å². The summed E-state index contributed by atoms with van der Waals surface area (Å²) in [4.78, 5) is 28.0. The topological polar surface area (TPSA) is 67.2 Å². The van der Waals surface area contributed by atoms with Crippen molar-refractivity contribution in [2.45, 2.75) is 18.6 Å². The van der Waals surface area contributed by atoms with Gasteiger partial charge in [0.05, 0.1) is 32.3 Å². The molecule has 184 valence electrons. The minimum atomic E-state index is -4.52. The second kappa shape index (κ2) is 9.27. The molecule has 6 nitrogen and oxygen atoms in total. The fraction of sp³-hybridized carbons (Fsp3) is 0.192. The molecule has 4 aromatic rings. The summed E-state index contributed by atoms with van der Waals surface area (Å²) in [6.45, 7) is -0.0858. The molecule has 2 aromatic heterocycles. The SMILES string of the molecule is Cn1nccc1-c1ccc(N[C@@H](Cc2ccccc2C(F)(F)F)CN2C(=O)c3ccccc3C2=O)s1. The van der Waals surface area contributed by atoms with Crippen LogP contribution in [0.4, 0.5) is 18.2 Å². The lowest BCUT2D eigenvalue weighted by Gasteiger charge is -2.25. The third-order valence-electron chi connectivity index (χ3n) is 6.10. The molecule has 0 saturated carbocycles. The molecule has 0 unspecified atom stereocenters. The molecule has 2 amide bonds. The summed E-state index contributed by atoms with van der Waals surface area (Å²) in [6, 6.07) is 16.8. The molecule has 0 saturated heterocycles. The molecule has 1 atom stereocenters. The van der Waals surface area contributed by atoms with Gasteiger partial charge in [-0.2, -0.15) is 18.3 Å². The van der Waals surface area contributed by atoms with E-state index in [9.17, 15) is 22.8 Å². The zero-order valence-electron chi connectivity index (χ0n) is 19.1. The van der Waals surface area contributed by atoms with Crippen LogP contribution >= 0.6 is 11.3 Å². The van der Waals surface area contributed by atoms with E-state index >= 15 is 0 Å². The van der Waals surface area contributed by atoms with Crippen molar-refractivity contribution in [1.29, 1.82) is 0 Å². The number of amides is 2. The number of alkyl halides is 3. The Labute approximate surface area is 209 Å².